The van der Waals surface area contributed by atoms with Gasteiger partial charge in [-0.25, -0.2) is 13.2 Å². The molecule has 0 fully saturated rings. The number of aryl methyl sites for hydroxylation is 1. The number of halogens is 13. The normalized spacial score (nSPS) is 11.7. The van der Waals surface area contributed by atoms with Gasteiger partial charge in [0.15, 0.2) is 0 Å². The number of benzene rings is 4. The number of nitriles is 1. The second-order valence-electron chi connectivity index (χ2n) is 10.2. The molecule has 4 aromatic carbocycles. The van der Waals surface area contributed by atoms with Crippen molar-refractivity contribution in [1.29, 1.82) is 5.26 Å². The summed E-state index contributed by atoms with van der Waals surface area (Å²) in [6.07, 6.45) is -10.9. The molecule has 0 heterocycles. The van der Waals surface area contributed by atoms with Gasteiger partial charge in [-0.05, 0) is 72.6 Å². The molecule has 4 nitrogen and oxygen atoms in total. The molecule has 0 saturated carbocycles. The number of amides is 1. The lowest BCUT2D eigenvalue weighted by Gasteiger charge is -2.19. The average Bonchev–Trinajstić information content (AvgIpc) is 3.05. The van der Waals surface area contributed by atoms with E-state index in [2.05, 4.69) is 23.7 Å². The first kappa shape index (κ1) is 44.3. The minimum Gasteiger partial charge on any atom is -0.428 e. The Morgan fingerprint density at radius 3 is 1.71 bits per heavy atom. The van der Waals surface area contributed by atoms with Crippen LogP contribution in [0.15, 0.2) is 78.9 Å². The van der Waals surface area contributed by atoms with Crippen LogP contribution in [0.2, 0.25) is 0 Å². The zero-order valence-corrected chi connectivity index (χ0v) is 26.6. The Hall–Kier alpha value is -5.71. The van der Waals surface area contributed by atoms with Crippen molar-refractivity contribution in [1.82, 2.24) is 0 Å². The van der Waals surface area contributed by atoms with Crippen molar-refractivity contribution in [2.75, 3.05) is 0 Å². The Balaban J connectivity index is 0.000000447. The maximum absolute atomic E-state index is 13.7. The number of ether oxygens (including phenoxy) is 1. The molecular formula is C35H25F13N2O2. The van der Waals surface area contributed by atoms with E-state index in [0.717, 1.165) is 29.8 Å². The van der Waals surface area contributed by atoms with E-state index < -0.39 is 71.0 Å². The third-order valence-corrected chi connectivity index (χ3v) is 6.43. The lowest BCUT2D eigenvalue weighted by Crippen LogP contribution is -2.33. The minimum absolute atomic E-state index is 0.0964. The number of terminal acetylenes is 1. The number of rotatable bonds is 6. The molecule has 52 heavy (non-hydrogen) atoms. The van der Waals surface area contributed by atoms with Crippen molar-refractivity contribution < 1.29 is 66.6 Å². The molecule has 0 spiro atoms. The standard InChI is InChI=1S/C17H11F9O.C8H5F4NO.C8H7N.C2H2/c1-8(9-2-3-14(19)13(6-9)16(22,23)24)10-4-11(18)7-12(5-10)27-17(25,26)15(20)21;9-6-2-1-4(7(13)14)3-5(6)8(10,11)12;1-7-2-4-8(6-9)5-3-7;1-2/h2-8,15H,1H3;1-3H,(H2,13,14);2-5H,1H3;1-2H/t8-;;;/m1.../s1. The first-order valence-electron chi connectivity index (χ1n) is 13.9. The highest BCUT2D eigenvalue weighted by molar-refractivity contribution is 5.92. The summed E-state index contributed by atoms with van der Waals surface area (Å²) >= 11 is 0. The predicted molar refractivity (Wildman–Crippen MR) is 163 cm³/mol. The molecule has 0 saturated heterocycles. The van der Waals surface area contributed by atoms with Crippen molar-refractivity contribution in [2.45, 2.75) is 44.7 Å². The van der Waals surface area contributed by atoms with Crippen LogP contribution in [0.3, 0.4) is 0 Å². The number of nitrogens with zero attached hydrogens (tertiary/aromatic N) is 1. The number of hydrogen-bond donors (Lipinski definition) is 1. The Kier molecular flexibility index (Phi) is 15.8. The Labute approximate surface area is 288 Å². The highest BCUT2D eigenvalue weighted by Gasteiger charge is 2.44. The van der Waals surface area contributed by atoms with E-state index in [1.54, 1.807) is 0 Å². The van der Waals surface area contributed by atoms with E-state index in [0.29, 0.717) is 30.3 Å². The number of alkyl halides is 10. The van der Waals surface area contributed by atoms with Crippen LogP contribution < -0.4 is 10.5 Å². The molecule has 1 atom stereocenters. The van der Waals surface area contributed by atoms with Crippen LogP contribution in [0.25, 0.3) is 0 Å². The summed E-state index contributed by atoms with van der Waals surface area (Å²) in [5.74, 6) is -7.04. The Morgan fingerprint density at radius 1 is 0.750 bits per heavy atom. The molecule has 0 aliphatic carbocycles. The van der Waals surface area contributed by atoms with Gasteiger partial charge in [0.25, 0.3) is 0 Å². The minimum atomic E-state index is -4.98. The number of hydrogen-bond acceptors (Lipinski definition) is 3. The van der Waals surface area contributed by atoms with Crippen molar-refractivity contribution in [2.24, 2.45) is 5.73 Å². The van der Waals surface area contributed by atoms with Gasteiger partial charge in [0.2, 0.25) is 5.91 Å². The zero-order chi connectivity index (χ0) is 40.2. The van der Waals surface area contributed by atoms with Crippen LogP contribution in [0, 0.1) is 48.6 Å². The van der Waals surface area contributed by atoms with Gasteiger partial charge in [0.1, 0.15) is 23.2 Å². The number of carbonyl (C=O) groups is 1. The fourth-order valence-electron chi connectivity index (χ4n) is 3.84. The summed E-state index contributed by atoms with van der Waals surface area (Å²) < 4.78 is 169. The Bertz CT molecular complexity index is 1860. The van der Waals surface area contributed by atoms with Gasteiger partial charge >= 0.3 is 24.9 Å². The van der Waals surface area contributed by atoms with Gasteiger partial charge in [0.05, 0.1) is 22.8 Å². The molecule has 278 valence electrons. The van der Waals surface area contributed by atoms with E-state index >= 15 is 0 Å². The summed E-state index contributed by atoms with van der Waals surface area (Å²) in [6, 6.07) is 15.5. The predicted octanol–water partition coefficient (Wildman–Crippen LogP) is 10.4. The van der Waals surface area contributed by atoms with Gasteiger partial charge in [-0.1, -0.05) is 30.7 Å². The van der Waals surface area contributed by atoms with Crippen LogP contribution in [-0.4, -0.2) is 18.4 Å². The smallest absolute Gasteiger partial charge is 0.428 e. The zero-order valence-electron chi connectivity index (χ0n) is 26.6. The van der Waals surface area contributed by atoms with Gasteiger partial charge in [-0.2, -0.15) is 49.2 Å². The van der Waals surface area contributed by atoms with Crippen LogP contribution in [0.5, 0.6) is 5.75 Å². The first-order chi connectivity index (χ1) is 24.0. The van der Waals surface area contributed by atoms with E-state index in [1.807, 2.05) is 31.2 Å². The SMILES string of the molecule is C#C.C[C@@H](c1cc(F)cc(OC(F)(F)C(F)F)c1)c1ccc(F)c(C(F)(F)F)c1.Cc1ccc(C#N)cc1.NC(=O)c1ccc(F)c(C(F)(F)F)c1. The lowest BCUT2D eigenvalue weighted by molar-refractivity contribution is -0.253. The average molecular weight is 753 g/mol. The van der Waals surface area contributed by atoms with Gasteiger partial charge in [-0.3, -0.25) is 4.79 Å². The second kappa shape index (κ2) is 18.5. The summed E-state index contributed by atoms with van der Waals surface area (Å²) in [6.45, 7) is 3.30. The van der Waals surface area contributed by atoms with Crippen molar-refractivity contribution in [3.8, 4) is 24.7 Å². The molecule has 0 aliphatic rings. The van der Waals surface area contributed by atoms with E-state index in [9.17, 15) is 61.9 Å². The molecule has 0 aromatic heterocycles. The van der Waals surface area contributed by atoms with Crippen LogP contribution >= 0.6 is 0 Å². The van der Waals surface area contributed by atoms with Gasteiger partial charge < -0.3 is 10.5 Å². The molecule has 2 N–H and O–H groups in total. The maximum Gasteiger partial charge on any atom is 0.461 e. The molecule has 0 bridgehead atoms. The molecule has 1 amide bonds. The summed E-state index contributed by atoms with van der Waals surface area (Å²) in [7, 11) is 0. The third-order valence-electron chi connectivity index (χ3n) is 6.43. The maximum atomic E-state index is 13.7. The van der Waals surface area contributed by atoms with Crippen molar-refractivity contribution >= 4 is 5.91 Å². The second-order valence-corrected chi connectivity index (χ2v) is 10.2. The molecule has 0 radical (unpaired) electrons. The fourth-order valence-corrected chi connectivity index (χ4v) is 3.84. The topological polar surface area (TPSA) is 76.1 Å². The van der Waals surface area contributed by atoms with Crippen LogP contribution in [-0.2, 0) is 12.4 Å². The van der Waals surface area contributed by atoms with Gasteiger partial charge in [-0.15, -0.1) is 12.8 Å². The lowest BCUT2D eigenvalue weighted by atomic mass is 9.91. The fraction of sp³-hybridized carbons (Fsp3) is 0.200. The van der Waals surface area contributed by atoms with Crippen molar-refractivity contribution in [3.63, 3.8) is 0 Å². The molecule has 0 aliphatic heterocycles. The number of nitrogens with two attached hydrogens (primary N) is 1. The summed E-state index contributed by atoms with van der Waals surface area (Å²) in [4.78, 5) is 10.5. The van der Waals surface area contributed by atoms with Crippen LogP contribution in [0.4, 0.5) is 57.1 Å². The van der Waals surface area contributed by atoms with E-state index in [1.165, 1.54) is 12.5 Å². The van der Waals surface area contributed by atoms with Crippen LogP contribution in [0.1, 0.15) is 56.6 Å². The molecule has 4 aromatic rings. The van der Waals surface area contributed by atoms with Gasteiger partial charge in [0, 0.05) is 17.5 Å². The molecule has 0 unspecified atom stereocenters. The van der Waals surface area contributed by atoms with Crippen molar-refractivity contribution in [3.05, 3.63) is 135 Å². The number of primary amides is 1. The highest BCUT2D eigenvalue weighted by atomic mass is 19.4. The van der Waals surface area contributed by atoms with E-state index in [4.69, 9.17) is 11.0 Å². The summed E-state index contributed by atoms with van der Waals surface area (Å²) in [5.41, 5.74) is 3.01. The first-order valence-corrected chi connectivity index (χ1v) is 13.9. The highest BCUT2D eigenvalue weighted by Crippen LogP contribution is 2.37. The molecular weight excluding hydrogens is 727 g/mol. The Morgan fingerprint density at radius 2 is 1.25 bits per heavy atom. The summed E-state index contributed by atoms with van der Waals surface area (Å²) in [5, 5.41) is 8.38. The van der Waals surface area contributed by atoms with E-state index in [-0.39, 0.29) is 16.7 Å². The molecule has 17 heteroatoms. The quantitative estimate of drug-likeness (QED) is 0.157. The number of carbonyl (C=O) groups excluding carboxylic acids is 1. The monoisotopic (exact) mass is 752 g/mol. The molecule has 4 rings (SSSR count). The largest absolute Gasteiger partial charge is 0.461 e. The third kappa shape index (κ3) is 13.2.